The summed E-state index contributed by atoms with van der Waals surface area (Å²) in [5.41, 5.74) is 6.44. The second kappa shape index (κ2) is 6.06. The summed E-state index contributed by atoms with van der Waals surface area (Å²) in [6.45, 7) is 3.88. The van der Waals surface area contributed by atoms with Crippen molar-refractivity contribution in [2.45, 2.75) is 25.8 Å². The number of carbonyl (C=O) groups is 1. The number of halogens is 1. The Kier molecular flexibility index (Phi) is 4.38. The number of rotatable bonds is 4. The van der Waals surface area contributed by atoms with Gasteiger partial charge in [0.2, 0.25) is 5.91 Å². The number of nitrogens with one attached hydrogen (secondary N) is 1. The normalized spacial score (nSPS) is 11.2. The Balaban J connectivity index is 2.21. The fourth-order valence-electron chi connectivity index (χ4n) is 2.05. The highest BCUT2D eigenvalue weighted by molar-refractivity contribution is 5.98. The summed E-state index contributed by atoms with van der Waals surface area (Å²) in [6.07, 6.45) is 0. The van der Waals surface area contributed by atoms with Crippen molar-refractivity contribution in [1.29, 1.82) is 0 Å². The zero-order valence-corrected chi connectivity index (χ0v) is 12.2. The molecule has 2 aromatic rings. The molecule has 3 nitrogen and oxygen atoms in total. The van der Waals surface area contributed by atoms with Gasteiger partial charge in [-0.25, -0.2) is 4.39 Å². The van der Waals surface area contributed by atoms with E-state index in [4.69, 9.17) is 5.73 Å². The van der Waals surface area contributed by atoms with Gasteiger partial charge < -0.3 is 11.1 Å². The highest BCUT2D eigenvalue weighted by Gasteiger charge is 2.30. The fourth-order valence-corrected chi connectivity index (χ4v) is 2.05. The van der Waals surface area contributed by atoms with Crippen molar-refractivity contribution in [2.75, 3.05) is 5.32 Å². The molecule has 0 bridgehead atoms. The third-order valence-electron chi connectivity index (χ3n) is 3.58. The van der Waals surface area contributed by atoms with Crippen LogP contribution in [0.2, 0.25) is 0 Å². The smallest absolute Gasteiger partial charge is 0.234 e. The first kappa shape index (κ1) is 15.2. The third kappa shape index (κ3) is 3.28. The first-order valence-electron chi connectivity index (χ1n) is 6.80. The van der Waals surface area contributed by atoms with Gasteiger partial charge in [0.1, 0.15) is 5.82 Å². The number of amides is 1. The molecular weight excluding hydrogens is 267 g/mol. The first-order chi connectivity index (χ1) is 9.95. The number of nitrogens with two attached hydrogens (primary N) is 1. The molecule has 2 rings (SSSR count). The molecule has 0 saturated carbocycles. The summed E-state index contributed by atoms with van der Waals surface area (Å²) in [5, 5.41) is 2.65. The molecule has 0 fully saturated rings. The first-order valence-corrected chi connectivity index (χ1v) is 6.80. The van der Waals surface area contributed by atoms with Crippen LogP contribution in [-0.2, 0) is 16.8 Å². The summed E-state index contributed by atoms with van der Waals surface area (Å²) in [7, 11) is 0. The van der Waals surface area contributed by atoms with Crippen molar-refractivity contribution in [3.63, 3.8) is 0 Å². The van der Waals surface area contributed by atoms with Gasteiger partial charge in [-0.05, 0) is 37.1 Å². The van der Waals surface area contributed by atoms with Crippen LogP contribution in [0.25, 0.3) is 0 Å². The standard InChI is InChI=1S/C17H19FN2O/c1-17(2,13-6-4-3-5-7-13)16(21)20-15-9-8-12(11-19)10-14(15)18/h3-10H,11,19H2,1-2H3,(H,20,21). The summed E-state index contributed by atoms with van der Waals surface area (Å²) in [6, 6.07) is 14.0. The number of benzene rings is 2. The average molecular weight is 286 g/mol. The van der Waals surface area contributed by atoms with Gasteiger partial charge >= 0.3 is 0 Å². The van der Waals surface area contributed by atoms with E-state index in [1.165, 1.54) is 12.1 Å². The van der Waals surface area contributed by atoms with E-state index in [2.05, 4.69) is 5.32 Å². The molecule has 3 N–H and O–H groups in total. The predicted octanol–water partition coefficient (Wildman–Crippen LogP) is 3.20. The Hall–Kier alpha value is -2.20. The van der Waals surface area contributed by atoms with E-state index in [0.29, 0.717) is 5.56 Å². The Morgan fingerprint density at radius 2 is 1.86 bits per heavy atom. The van der Waals surface area contributed by atoms with E-state index in [0.717, 1.165) is 5.56 Å². The zero-order valence-electron chi connectivity index (χ0n) is 12.2. The van der Waals surface area contributed by atoms with Crippen LogP contribution >= 0.6 is 0 Å². The second-order valence-corrected chi connectivity index (χ2v) is 5.46. The van der Waals surface area contributed by atoms with E-state index < -0.39 is 11.2 Å². The molecule has 2 aromatic carbocycles. The molecular formula is C17H19FN2O. The summed E-state index contributed by atoms with van der Waals surface area (Å²) >= 11 is 0. The van der Waals surface area contributed by atoms with E-state index in [1.807, 2.05) is 44.2 Å². The molecule has 1 amide bonds. The van der Waals surface area contributed by atoms with E-state index in [1.54, 1.807) is 6.07 Å². The van der Waals surface area contributed by atoms with Crippen molar-refractivity contribution < 1.29 is 9.18 Å². The largest absolute Gasteiger partial charge is 0.326 e. The van der Waals surface area contributed by atoms with Crippen LogP contribution in [0, 0.1) is 5.82 Å². The highest BCUT2D eigenvalue weighted by atomic mass is 19.1. The van der Waals surface area contributed by atoms with E-state index in [9.17, 15) is 9.18 Å². The molecule has 0 spiro atoms. The molecule has 0 atom stereocenters. The molecule has 0 aliphatic heterocycles. The minimum absolute atomic E-state index is 0.168. The minimum atomic E-state index is -0.750. The third-order valence-corrected chi connectivity index (χ3v) is 3.58. The van der Waals surface area contributed by atoms with Crippen LogP contribution in [-0.4, -0.2) is 5.91 Å². The van der Waals surface area contributed by atoms with Gasteiger partial charge in [-0.1, -0.05) is 36.4 Å². The van der Waals surface area contributed by atoms with Gasteiger partial charge in [-0.15, -0.1) is 0 Å². The lowest BCUT2D eigenvalue weighted by Crippen LogP contribution is -2.35. The highest BCUT2D eigenvalue weighted by Crippen LogP contribution is 2.26. The Morgan fingerprint density at radius 3 is 2.43 bits per heavy atom. The maximum absolute atomic E-state index is 13.9. The second-order valence-electron chi connectivity index (χ2n) is 5.46. The molecule has 0 aliphatic rings. The van der Waals surface area contributed by atoms with Crippen LogP contribution in [0.1, 0.15) is 25.0 Å². The number of carbonyl (C=O) groups excluding carboxylic acids is 1. The maximum atomic E-state index is 13.9. The summed E-state index contributed by atoms with van der Waals surface area (Å²) in [5.74, 6) is -0.733. The molecule has 21 heavy (non-hydrogen) atoms. The lowest BCUT2D eigenvalue weighted by molar-refractivity contribution is -0.120. The van der Waals surface area contributed by atoms with Crippen molar-refractivity contribution in [3.05, 3.63) is 65.5 Å². The lowest BCUT2D eigenvalue weighted by atomic mass is 9.83. The molecule has 0 unspecified atom stereocenters. The molecule has 4 heteroatoms. The van der Waals surface area contributed by atoms with E-state index in [-0.39, 0.29) is 18.1 Å². The summed E-state index contributed by atoms with van der Waals surface area (Å²) < 4.78 is 13.9. The average Bonchev–Trinajstić information content (AvgIpc) is 2.50. The van der Waals surface area contributed by atoms with Crippen molar-refractivity contribution in [3.8, 4) is 0 Å². The van der Waals surface area contributed by atoms with Crippen molar-refractivity contribution in [1.82, 2.24) is 0 Å². The molecule has 0 aliphatic carbocycles. The van der Waals surface area contributed by atoms with Crippen LogP contribution < -0.4 is 11.1 Å². The van der Waals surface area contributed by atoms with Gasteiger partial charge in [-0.2, -0.15) is 0 Å². The minimum Gasteiger partial charge on any atom is -0.326 e. The SMILES string of the molecule is CC(C)(C(=O)Nc1ccc(CN)cc1F)c1ccccc1. The van der Waals surface area contributed by atoms with Crippen LogP contribution in [0.15, 0.2) is 48.5 Å². The van der Waals surface area contributed by atoms with Gasteiger partial charge in [0.15, 0.2) is 0 Å². The van der Waals surface area contributed by atoms with Gasteiger partial charge in [0.05, 0.1) is 11.1 Å². The molecule has 0 radical (unpaired) electrons. The molecule has 0 heterocycles. The predicted molar refractivity (Wildman–Crippen MR) is 82.4 cm³/mol. The fraction of sp³-hybridized carbons (Fsp3) is 0.235. The Morgan fingerprint density at radius 1 is 1.19 bits per heavy atom. The van der Waals surface area contributed by atoms with Crippen LogP contribution in [0.5, 0.6) is 0 Å². The quantitative estimate of drug-likeness (QED) is 0.907. The van der Waals surface area contributed by atoms with Gasteiger partial charge in [-0.3, -0.25) is 4.79 Å². The van der Waals surface area contributed by atoms with E-state index >= 15 is 0 Å². The number of anilines is 1. The lowest BCUT2D eigenvalue weighted by Gasteiger charge is -2.24. The monoisotopic (exact) mass is 286 g/mol. The van der Waals surface area contributed by atoms with Gasteiger partial charge in [0.25, 0.3) is 0 Å². The maximum Gasteiger partial charge on any atom is 0.234 e. The number of hydrogen-bond donors (Lipinski definition) is 2. The van der Waals surface area contributed by atoms with Crippen LogP contribution in [0.3, 0.4) is 0 Å². The van der Waals surface area contributed by atoms with Crippen LogP contribution in [0.4, 0.5) is 10.1 Å². The molecule has 110 valence electrons. The molecule has 0 saturated heterocycles. The van der Waals surface area contributed by atoms with Crippen molar-refractivity contribution >= 4 is 11.6 Å². The number of hydrogen-bond acceptors (Lipinski definition) is 2. The Labute approximate surface area is 124 Å². The van der Waals surface area contributed by atoms with Gasteiger partial charge in [0, 0.05) is 6.54 Å². The zero-order chi connectivity index (χ0) is 15.5. The Bertz CT molecular complexity index is 638. The summed E-state index contributed by atoms with van der Waals surface area (Å²) in [4.78, 5) is 12.4. The molecule has 0 aromatic heterocycles. The van der Waals surface area contributed by atoms with Crippen molar-refractivity contribution in [2.24, 2.45) is 5.73 Å². The topological polar surface area (TPSA) is 55.1 Å².